The minimum Gasteiger partial charge on any atom is -0.354 e. The highest BCUT2D eigenvalue weighted by molar-refractivity contribution is 14.0. The molecule has 0 aromatic heterocycles. The van der Waals surface area contributed by atoms with Crippen LogP contribution < -0.4 is 10.6 Å². The maximum absolute atomic E-state index is 4.33. The molecule has 4 nitrogen and oxygen atoms in total. The van der Waals surface area contributed by atoms with Gasteiger partial charge in [-0.25, -0.2) is 0 Å². The second-order valence-electron chi connectivity index (χ2n) is 7.00. The minimum atomic E-state index is 0. The fraction of sp³-hybridized carbons (Fsp3) is 0.632. The van der Waals surface area contributed by atoms with Crippen molar-refractivity contribution in [1.82, 2.24) is 15.5 Å². The molecule has 138 valence electrons. The summed E-state index contributed by atoms with van der Waals surface area (Å²) in [5, 5.41) is 6.88. The van der Waals surface area contributed by atoms with Crippen molar-refractivity contribution in [2.75, 3.05) is 21.1 Å². The Hall–Kier alpha value is -0.820. The monoisotopic (exact) mass is 446 g/mol. The average Bonchev–Trinajstić information content (AvgIpc) is 2.49. The quantitative estimate of drug-likeness (QED) is 0.362. The predicted molar refractivity (Wildman–Crippen MR) is 116 cm³/mol. The molecule has 0 spiro atoms. The molecule has 1 aromatic rings. The highest BCUT2D eigenvalue weighted by Crippen LogP contribution is 2.08. The molecule has 0 radical (unpaired) electrons. The zero-order valence-corrected chi connectivity index (χ0v) is 18.4. The van der Waals surface area contributed by atoms with Gasteiger partial charge in [0.1, 0.15) is 0 Å². The number of hydrogen-bond acceptors (Lipinski definition) is 2. The third-order valence-electron chi connectivity index (χ3n) is 3.73. The van der Waals surface area contributed by atoms with Gasteiger partial charge < -0.3 is 15.5 Å². The molecule has 1 aromatic carbocycles. The van der Waals surface area contributed by atoms with E-state index in [1.54, 1.807) is 0 Å². The molecule has 0 aliphatic heterocycles. The van der Waals surface area contributed by atoms with Crippen molar-refractivity contribution in [3.8, 4) is 0 Å². The van der Waals surface area contributed by atoms with Crippen LogP contribution >= 0.6 is 24.0 Å². The van der Waals surface area contributed by atoms with E-state index >= 15 is 0 Å². The van der Waals surface area contributed by atoms with Gasteiger partial charge in [0.25, 0.3) is 0 Å². The first kappa shape index (κ1) is 23.2. The molecule has 0 saturated heterocycles. The number of nitrogens with zero attached hydrogens (tertiary/aromatic N) is 2. The summed E-state index contributed by atoms with van der Waals surface area (Å²) in [5.74, 6) is 1.62. The molecular formula is C19H35IN4. The van der Waals surface area contributed by atoms with Gasteiger partial charge in [-0.2, -0.15) is 0 Å². The van der Waals surface area contributed by atoms with Gasteiger partial charge in [0.15, 0.2) is 5.96 Å². The molecule has 1 atom stereocenters. The number of rotatable bonds is 8. The Kier molecular flexibility index (Phi) is 12.1. The van der Waals surface area contributed by atoms with E-state index in [0.717, 1.165) is 31.4 Å². The molecular weight excluding hydrogens is 411 g/mol. The van der Waals surface area contributed by atoms with Crippen LogP contribution in [0.15, 0.2) is 29.3 Å². The van der Waals surface area contributed by atoms with E-state index in [-0.39, 0.29) is 24.0 Å². The van der Waals surface area contributed by atoms with Gasteiger partial charge in [-0.1, -0.05) is 38.1 Å². The molecule has 0 fully saturated rings. The number of guanidine groups is 1. The number of benzene rings is 1. The van der Waals surface area contributed by atoms with Crippen LogP contribution in [0, 0.1) is 5.92 Å². The summed E-state index contributed by atoms with van der Waals surface area (Å²) in [6.45, 7) is 8.50. The smallest absolute Gasteiger partial charge is 0.191 e. The lowest BCUT2D eigenvalue weighted by Crippen LogP contribution is -2.41. The van der Waals surface area contributed by atoms with E-state index < -0.39 is 0 Å². The Bertz CT molecular complexity index is 486. The van der Waals surface area contributed by atoms with Crippen LogP contribution in [0.5, 0.6) is 0 Å². The SMILES string of the molecule is CN=C(NCc1cccc(CN(C)C)c1)NC(C)CCC(C)C.I. The van der Waals surface area contributed by atoms with E-state index in [9.17, 15) is 0 Å². The molecule has 0 heterocycles. The zero-order valence-electron chi connectivity index (χ0n) is 16.1. The standard InChI is InChI=1S/C19H34N4.HI/c1-15(2)10-11-16(3)22-19(20-4)21-13-17-8-7-9-18(12-17)14-23(5)6;/h7-9,12,15-16H,10-11,13-14H2,1-6H3,(H2,20,21,22);1H. The Morgan fingerprint density at radius 3 is 2.38 bits per heavy atom. The van der Waals surface area contributed by atoms with E-state index in [1.165, 1.54) is 17.5 Å². The first-order chi connectivity index (χ1) is 10.9. The van der Waals surface area contributed by atoms with Crippen molar-refractivity contribution in [2.45, 2.75) is 52.7 Å². The molecule has 5 heteroatoms. The third-order valence-corrected chi connectivity index (χ3v) is 3.73. The van der Waals surface area contributed by atoms with Gasteiger partial charge in [-0.05, 0) is 50.9 Å². The second kappa shape index (κ2) is 12.5. The highest BCUT2D eigenvalue weighted by atomic mass is 127. The molecule has 0 bridgehead atoms. The van der Waals surface area contributed by atoms with Crippen LogP contribution in [-0.4, -0.2) is 38.0 Å². The van der Waals surface area contributed by atoms with E-state index in [1.807, 2.05) is 7.05 Å². The van der Waals surface area contributed by atoms with E-state index in [2.05, 4.69) is 79.7 Å². The summed E-state index contributed by atoms with van der Waals surface area (Å²) in [5.41, 5.74) is 2.62. The molecule has 0 aliphatic rings. The van der Waals surface area contributed by atoms with Gasteiger partial charge in [-0.3, -0.25) is 4.99 Å². The third kappa shape index (κ3) is 10.1. The summed E-state index contributed by atoms with van der Waals surface area (Å²) >= 11 is 0. The summed E-state index contributed by atoms with van der Waals surface area (Å²) < 4.78 is 0. The van der Waals surface area contributed by atoms with Crippen molar-refractivity contribution >= 4 is 29.9 Å². The van der Waals surface area contributed by atoms with Gasteiger partial charge in [-0.15, -0.1) is 24.0 Å². The van der Waals surface area contributed by atoms with Crippen LogP contribution in [0.25, 0.3) is 0 Å². The molecule has 2 N–H and O–H groups in total. The lowest BCUT2D eigenvalue weighted by Gasteiger charge is -2.19. The number of nitrogens with one attached hydrogen (secondary N) is 2. The molecule has 1 unspecified atom stereocenters. The summed E-state index contributed by atoms with van der Waals surface area (Å²) in [4.78, 5) is 6.51. The molecule has 0 aliphatic carbocycles. The number of hydrogen-bond donors (Lipinski definition) is 2. The molecule has 0 amide bonds. The van der Waals surface area contributed by atoms with Crippen molar-refractivity contribution in [1.29, 1.82) is 0 Å². The molecule has 1 rings (SSSR count). The lowest BCUT2D eigenvalue weighted by atomic mass is 10.0. The van der Waals surface area contributed by atoms with Crippen LogP contribution in [0.1, 0.15) is 44.7 Å². The van der Waals surface area contributed by atoms with E-state index in [0.29, 0.717) is 6.04 Å². The lowest BCUT2D eigenvalue weighted by molar-refractivity contribution is 0.402. The molecule has 0 saturated carbocycles. The first-order valence-corrected chi connectivity index (χ1v) is 8.60. The largest absolute Gasteiger partial charge is 0.354 e. The van der Waals surface area contributed by atoms with Crippen LogP contribution in [0.2, 0.25) is 0 Å². The maximum atomic E-state index is 4.33. The average molecular weight is 446 g/mol. The maximum Gasteiger partial charge on any atom is 0.191 e. The normalized spacial score (nSPS) is 12.9. The van der Waals surface area contributed by atoms with Crippen LogP contribution in [0.4, 0.5) is 0 Å². The molecule has 24 heavy (non-hydrogen) atoms. The fourth-order valence-electron chi connectivity index (χ4n) is 2.47. The fourth-order valence-corrected chi connectivity index (χ4v) is 2.47. The second-order valence-corrected chi connectivity index (χ2v) is 7.00. The van der Waals surface area contributed by atoms with Crippen molar-refractivity contribution in [2.24, 2.45) is 10.9 Å². The van der Waals surface area contributed by atoms with Crippen LogP contribution in [0.3, 0.4) is 0 Å². The Morgan fingerprint density at radius 2 is 1.79 bits per heavy atom. The highest BCUT2D eigenvalue weighted by Gasteiger charge is 2.06. The number of halogens is 1. The van der Waals surface area contributed by atoms with E-state index in [4.69, 9.17) is 0 Å². The summed E-state index contributed by atoms with van der Waals surface area (Å²) in [6.07, 6.45) is 2.40. The van der Waals surface area contributed by atoms with Crippen molar-refractivity contribution < 1.29 is 0 Å². The summed E-state index contributed by atoms with van der Waals surface area (Å²) in [7, 11) is 6.01. The van der Waals surface area contributed by atoms with Crippen LogP contribution in [-0.2, 0) is 13.1 Å². The number of aliphatic imine (C=N–C) groups is 1. The van der Waals surface area contributed by atoms with Gasteiger partial charge >= 0.3 is 0 Å². The van der Waals surface area contributed by atoms with Crippen molar-refractivity contribution in [3.63, 3.8) is 0 Å². The Labute approximate surface area is 165 Å². The van der Waals surface area contributed by atoms with Gasteiger partial charge in [0, 0.05) is 26.2 Å². The zero-order chi connectivity index (χ0) is 17.2. The minimum absolute atomic E-state index is 0. The summed E-state index contributed by atoms with van der Waals surface area (Å²) in [6, 6.07) is 9.13. The Morgan fingerprint density at radius 1 is 1.12 bits per heavy atom. The van der Waals surface area contributed by atoms with Crippen molar-refractivity contribution in [3.05, 3.63) is 35.4 Å². The topological polar surface area (TPSA) is 39.7 Å². The predicted octanol–water partition coefficient (Wildman–Crippen LogP) is 3.86. The van der Waals surface area contributed by atoms with Gasteiger partial charge in [0.2, 0.25) is 0 Å². The van der Waals surface area contributed by atoms with Gasteiger partial charge in [0.05, 0.1) is 0 Å². The first-order valence-electron chi connectivity index (χ1n) is 8.60. The Balaban J connectivity index is 0.00000529.